The summed E-state index contributed by atoms with van der Waals surface area (Å²) in [6.45, 7) is 2.39. The first-order chi connectivity index (χ1) is 8.99. The molecule has 0 aliphatic carbocycles. The van der Waals surface area contributed by atoms with Gasteiger partial charge < -0.3 is 15.2 Å². The number of nitrogens with zero attached hydrogens (tertiary/aromatic N) is 3. The lowest BCUT2D eigenvalue weighted by atomic mass is 10.1. The monoisotopic (exact) mass is 262 g/mol. The van der Waals surface area contributed by atoms with E-state index in [2.05, 4.69) is 4.98 Å². The summed E-state index contributed by atoms with van der Waals surface area (Å²) < 4.78 is 16.0. The zero-order valence-electron chi connectivity index (χ0n) is 11.5. The molecular weight excluding hydrogens is 243 g/mol. The first-order valence-corrected chi connectivity index (χ1v) is 6.21. The Morgan fingerprint density at radius 2 is 2.21 bits per heavy atom. The molecule has 5 heteroatoms. The zero-order chi connectivity index (χ0) is 14.0. The maximum absolute atomic E-state index is 14.1. The Kier molecular flexibility index (Phi) is 3.85. The second kappa shape index (κ2) is 5.40. The standard InChI is InChI=1S/C14H19FN4/c1-10(16)11-4-5-13(12(15)8-11)19(3)9-14-17-6-7-18(14)2/h4-8,10H,9,16H2,1-3H3/t10-/m0/s1. The van der Waals surface area contributed by atoms with Crippen LogP contribution >= 0.6 is 0 Å². The molecule has 2 aromatic rings. The van der Waals surface area contributed by atoms with E-state index < -0.39 is 0 Å². The van der Waals surface area contributed by atoms with Gasteiger partial charge in [-0.3, -0.25) is 0 Å². The number of halogens is 1. The molecule has 0 amide bonds. The van der Waals surface area contributed by atoms with Crippen LogP contribution in [-0.4, -0.2) is 16.6 Å². The number of aromatic nitrogens is 2. The molecule has 0 spiro atoms. The summed E-state index contributed by atoms with van der Waals surface area (Å²) in [4.78, 5) is 6.07. The number of benzene rings is 1. The van der Waals surface area contributed by atoms with Crippen LogP contribution in [0.1, 0.15) is 24.4 Å². The highest BCUT2D eigenvalue weighted by atomic mass is 19.1. The van der Waals surface area contributed by atoms with E-state index in [9.17, 15) is 4.39 Å². The van der Waals surface area contributed by atoms with Gasteiger partial charge in [-0.15, -0.1) is 0 Å². The number of hydrogen-bond acceptors (Lipinski definition) is 3. The molecule has 0 aliphatic heterocycles. The summed E-state index contributed by atoms with van der Waals surface area (Å²) in [6.07, 6.45) is 3.61. The second-order valence-corrected chi connectivity index (χ2v) is 4.81. The SMILES string of the molecule is C[C@H](N)c1ccc(N(C)Cc2nccn2C)c(F)c1. The molecule has 0 saturated heterocycles. The minimum Gasteiger partial charge on any atom is -0.365 e. The predicted octanol–water partition coefficient (Wildman–Crippen LogP) is 2.22. The molecule has 102 valence electrons. The topological polar surface area (TPSA) is 47.1 Å². The van der Waals surface area contributed by atoms with E-state index in [1.165, 1.54) is 6.07 Å². The quantitative estimate of drug-likeness (QED) is 0.919. The van der Waals surface area contributed by atoms with E-state index in [0.717, 1.165) is 11.4 Å². The van der Waals surface area contributed by atoms with Crippen molar-refractivity contribution in [3.8, 4) is 0 Å². The van der Waals surface area contributed by atoms with Crippen LogP contribution in [-0.2, 0) is 13.6 Å². The molecule has 0 bridgehead atoms. The molecule has 4 nitrogen and oxygen atoms in total. The molecule has 1 atom stereocenters. The van der Waals surface area contributed by atoms with Gasteiger partial charge in [0.25, 0.3) is 0 Å². The Balaban J connectivity index is 2.20. The van der Waals surface area contributed by atoms with Crippen LogP contribution in [0, 0.1) is 5.82 Å². The Morgan fingerprint density at radius 1 is 1.47 bits per heavy atom. The fourth-order valence-corrected chi connectivity index (χ4v) is 1.96. The van der Waals surface area contributed by atoms with E-state index in [-0.39, 0.29) is 11.9 Å². The molecule has 0 radical (unpaired) electrons. The fourth-order valence-electron chi connectivity index (χ4n) is 1.96. The minimum absolute atomic E-state index is 0.164. The van der Waals surface area contributed by atoms with Gasteiger partial charge in [0.15, 0.2) is 0 Å². The van der Waals surface area contributed by atoms with E-state index in [0.29, 0.717) is 12.2 Å². The maximum Gasteiger partial charge on any atom is 0.146 e. The fraction of sp³-hybridized carbons (Fsp3) is 0.357. The normalized spacial score (nSPS) is 12.5. The lowest BCUT2D eigenvalue weighted by Gasteiger charge is -2.20. The molecule has 1 heterocycles. The summed E-state index contributed by atoms with van der Waals surface area (Å²) in [6, 6.07) is 4.95. The third kappa shape index (κ3) is 2.93. The van der Waals surface area contributed by atoms with E-state index >= 15 is 0 Å². The highest BCUT2D eigenvalue weighted by Crippen LogP contribution is 2.22. The first-order valence-electron chi connectivity index (χ1n) is 6.21. The zero-order valence-corrected chi connectivity index (χ0v) is 11.5. The van der Waals surface area contributed by atoms with Crippen molar-refractivity contribution in [2.24, 2.45) is 12.8 Å². The molecule has 1 aromatic heterocycles. The summed E-state index contributed by atoms with van der Waals surface area (Å²) in [5, 5.41) is 0. The highest BCUT2D eigenvalue weighted by Gasteiger charge is 2.12. The van der Waals surface area contributed by atoms with Crippen molar-refractivity contribution < 1.29 is 4.39 Å². The smallest absolute Gasteiger partial charge is 0.146 e. The van der Waals surface area contributed by atoms with Crippen molar-refractivity contribution in [3.63, 3.8) is 0 Å². The van der Waals surface area contributed by atoms with Crippen molar-refractivity contribution in [1.82, 2.24) is 9.55 Å². The minimum atomic E-state index is -0.258. The van der Waals surface area contributed by atoms with Crippen molar-refractivity contribution in [1.29, 1.82) is 0 Å². The predicted molar refractivity (Wildman–Crippen MR) is 74.3 cm³/mol. The summed E-state index contributed by atoms with van der Waals surface area (Å²) in [5.74, 6) is 0.629. The molecule has 0 aliphatic rings. The third-order valence-electron chi connectivity index (χ3n) is 3.21. The first kappa shape index (κ1) is 13.5. The lowest BCUT2D eigenvalue weighted by molar-refractivity contribution is 0.614. The van der Waals surface area contributed by atoms with E-state index in [4.69, 9.17) is 5.73 Å². The molecule has 0 fully saturated rings. The number of anilines is 1. The number of nitrogens with two attached hydrogens (primary N) is 1. The van der Waals surface area contributed by atoms with Crippen LogP contribution in [0.2, 0.25) is 0 Å². The number of imidazole rings is 1. The van der Waals surface area contributed by atoms with Crippen LogP contribution in [0.5, 0.6) is 0 Å². The Hall–Kier alpha value is -1.88. The van der Waals surface area contributed by atoms with Crippen molar-refractivity contribution in [2.45, 2.75) is 19.5 Å². The molecule has 0 unspecified atom stereocenters. The summed E-state index contributed by atoms with van der Waals surface area (Å²) >= 11 is 0. The van der Waals surface area contributed by atoms with Crippen LogP contribution in [0.25, 0.3) is 0 Å². The number of hydrogen-bond donors (Lipinski definition) is 1. The lowest BCUT2D eigenvalue weighted by Crippen LogP contribution is -2.20. The van der Waals surface area contributed by atoms with Gasteiger partial charge in [0.05, 0.1) is 12.2 Å². The van der Waals surface area contributed by atoms with Crippen LogP contribution < -0.4 is 10.6 Å². The summed E-state index contributed by atoms with van der Waals surface area (Å²) in [5.41, 5.74) is 7.09. The average molecular weight is 262 g/mol. The third-order valence-corrected chi connectivity index (χ3v) is 3.21. The molecule has 2 rings (SSSR count). The van der Waals surface area contributed by atoms with Crippen LogP contribution in [0.4, 0.5) is 10.1 Å². The van der Waals surface area contributed by atoms with Gasteiger partial charge in [-0.25, -0.2) is 9.37 Å². The van der Waals surface area contributed by atoms with Gasteiger partial charge >= 0.3 is 0 Å². The number of aryl methyl sites for hydroxylation is 1. The van der Waals surface area contributed by atoms with E-state index in [1.54, 1.807) is 12.3 Å². The van der Waals surface area contributed by atoms with Crippen LogP contribution in [0.3, 0.4) is 0 Å². The van der Waals surface area contributed by atoms with Crippen molar-refractivity contribution in [2.75, 3.05) is 11.9 Å². The van der Waals surface area contributed by atoms with Crippen LogP contribution in [0.15, 0.2) is 30.6 Å². The molecule has 0 saturated carbocycles. The summed E-state index contributed by atoms with van der Waals surface area (Å²) in [7, 11) is 3.77. The molecule has 19 heavy (non-hydrogen) atoms. The van der Waals surface area contributed by atoms with Gasteiger partial charge in [0.1, 0.15) is 11.6 Å². The van der Waals surface area contributed by atoms with Gasteiger partial charge in [-0.1, -0.05) is 6.07 Å². The highest BCUT2D eigenvalue weighted by molar-refractivity contribution is 5.49. The van der Waals surface area contributed by atoms with Gasteiger partial charge in [-0.2, -0.15) is 0 Å². The Labute approximate surface area is 112 Å². The Bertz CT molecular complexity index is 562. The van der Waals surface area contributed by atoms with Gasteiger partial charge in [0, 0.05) is 32.5 Å². The van der Waals surface area contributed by atoms with Crippen molar-refractivity contribution >= 4 is 5.69 Å². The maximum atomic E-state index is 14.1. The molecule has 1 aromatic carbocycles. The van der Waals surface area contributed by atoms with Gasteiger partial charge in [-0.05, 0) is 24.6 Å². The second-order valence-electron chi connectivity index (χ2n) is 4.81. The average Bonchev–Trinajstić information content (AvgIpc) is 2.74. The van der Waals surface area contributed by atoms with Gasteiger partial charge in [0.2, 0.25) is 0 Å². The molecular formula is C14H19FN4. The van der Waals surface area contributed by atoms with Crippen molar-refractivity contribution in [3.05, 3.63) is 47.8 Å². The Morgan fingerprint density at radius 3 is 2.74 bits per heavy atom. The largest absolute Gasteiger partial charge is 0.365 e. The van der Waals surface area contributed by atoms with E-state index in [1.807, 2.05) is 42.7 Å². The molecule has 2 N–H and O–H groups in total. The number of rotatable bonds is 4.